The van der Waals surface area contributed by atoms with E-state index in [1.165, 1.54) is 0 Å². The van der Waals surface area contributed by atoms with E-state index in [0.717, 1.165) is 6.42 Å². The molecule has 0 radical (unpaired) electrons. The Kier molecular flexibility index (Phi) is 5.93. The normalized spacial score (nSPS) is 15.7. The van der Waals surface area contributed by atoms with Crippen LogP contribution < -0.4 is 0 Å². The Labute approximate surface area is 74.0 Å². The molecule has 3 heteroatoms. The van der Waals surface area contributed by atoms with Gasteiger partial charge >= 0.3 is 0 Å². The first-order valence-electron chi connectivity index (χ1n) is 4.19. The van der Waals surface area contributed by atoms with Gasteiger partial charge < -0.3 is 9.47 Å². The van der Waals surface area contributed by atoms with Crippen LogP contribution in [0.5, 0.6) is 0 Å². The predicted octanol–water partition coefficient (Wildman–Crippen LogP) is 1.26. The average molecular weight is 174 g/mol. The van der Waals surface area contributed by atoms with Gasteiger partial charge in [0.15, 0.2) is 5.78 Å². The van der Waals surface area contributed by atoms with Crippen molar-refractivity contribution >= 4 is 5.78 Å². The number of carbonyl (C=O) groups excluding carboxylic acids is 1. The van der Waals surface area contributed by atoms with E-state index >= 15 is 0 Å². The van der Waals surface area contributed by atoms with Gasteiger partial charge in [-0.1, -0.05) is 6.92 Å². The Morgan fingerprint density at radius 1 is 1.33 bits per heavy atom. The van der Waals surface area contributed by atoms with Crippen molar-refractivity contribution in [2.24, 2.45) is 5.92 Å². The van der Waals surface area contributed by atoms with E-state index in [1.807, 2.05) is 6.92 Å². The van der Waals surface area contributed by atoms with Gasteiger partial charge in [0, 0.05) is 26.7 Å². The Morgan fingerprint density at radius 2 is 1.92 bits per heavy atom. The monoisotopic (exact) mass is 174 g/mol. The summed E-state index contributed by atoms with van der Waals surface area (Å²) in [7, 11) is 3.18. The maximum Gasteiger partial charge on any atom is 0.164 e. The number of ketones is 1. The van der Waals surface area contributed by atoms with Crippen LogP contribution in [-0.4, -0.2) is 32.7 Å². The van der Waals surface area contributed by atoms with Crippen molar-refractivity contribution in [3.05, 3.63) is 0 Å². The molecule has 12 heavy (non-hydrogen) atoms. The van der Waals surface area contributed by atoms with Gasteiger partial charge in [-0.15, -0.1) is 0 Å². The molecule has 0 aromatic carbocycles. The summed E-state index contributed by atoms with van der Waals surface area (Å²) in [5.41, 5.74) is 0. The molecular formula is C9H18O3. The Hall–Kier alpha value is -0.410. The van der Waals surface area contributed by atoms with Gasteiger partial charge in [-0.3, -0.25) is 4.79 Å². The van der Waals surface area contributed by atoms with Gasteiger partial charge in [-0.25, -0.2) is 0 Å². The molecule has 2 unspecified atom stereocenters. The van der Waals surface area contributed by atoms with E-state index in [1.54, 1.807) is 21.1 Å². The molecule has 0 saturated carbocycles. The number of hydrogen-bond acceptors (Lipinski definition) is 3. The molecule has 2 atom stereocenters. The van der Waals surface area contributed by atoms with E-state index in [-0.39, 0.29) is 17.8 Å². The molecule has 0 N–H and O–H groups in total. The predicted molar refractivity (Wildman–Crippen MR) is 47.1 cm³/mol. The molecule has 0 amide bonds. The Balaban J connectivity index is 3.75. The zero-order valence-corrected chi connectivity index (χ0v) is 8.29. The van der Waals surface area contributed by atoms with Crippen molar-refractivity contribution in [1.29, 1.82) is 0 Å². The van der Waals surface area contributed by atoms with Gasteiger partial charge in [-0.05, 0) is 13.3 Å². The maximum atomic E-state index is 11.4. The summed E-state index contributed by atoms with van der Waals surface area (Å²) in [5.74, 6) is 0.175. The summed E-state index contributed by atoms with van der Waals surface area (Å²) >= 11 is 0. The van der Waals surface area contributed by atoms with E-state index < -0.39 is 0 Å². The van der Waals surface area contributed by atoms with Gasteiger partial charge in [0.2, 0.25) is 0 Å². The Morgan fingerprint density at radius 3 is 2.33 bits per heavy atom. The summed E-state index contributed by atoms with van der Waals surface area (Å²) in [6.45, 7) is 4.30. The number of rotatable bonds is 6. The van der Waals surface area contributed by atoms with Crippen LogP contribution in [0.25, 0.3) is 0 Å². The minimum Gasteiger partial charge on any atom is -0.385 e. The number of hydrogen-bond donors (Lipinski definition) is 0. The molecule has 0 aliphatic rings. The standard InChI is InChI=1S/C9H18O3/c1-7(5-6-11-3)9(10)8(2)12-4/h7-8H,5-6H2,1-4H3. The number of ether oxygens (including phenoxy) is 2. The quantitative estimate of drug-likeness (QED) is 0.608. The molecule has 0 bridgehead atoms. The lowest BCUT2D eigenvalue weighted by Gasteiger charge is -2.14. The summed E-state index contributed by atoms with van der Waals surface area (Å²) in [6, 6.07) is 0. The van der Waals surface area contributed by atoms with E-state index in [9.17, 15) is 4.79 Å². The highest BCUT2D eigenvalue weighted by Crippen LogP contribution is 2.07. The molecule has 0 heterocycles. The number of methoxy groups -OCH3 is 2. The highest BCUT2D eigenvalue weighted by molar-refractivity contribution is 5.84. The van der Waals surface area contributed by atoms with Crippen LogP contribution in [0.3, 0.4) is 0 Å². The van der Waals surface area contributed by atoms with E-state index in [0.29, 0.717) is 6.61 Å². The van der Waals surface area contributed by atoms with Gasteiger partial charge in [0.05, 0.1) is 0 Å². The molecule has 0 aromatic rings. The lowest BCUT2D eigenvalue weighted by atomic mass is 10.00. The summed E-state index contributed by atoms with van der Waals surface area (Å²) in [5, 5.41) is 0. The van der Waals surface area contributed by atoms with Gasteiger partial charge in [0.25, 0.3) is 0 Å². The van der Waals surface area contributed by atoms with Crippen LogP contribution >= 0.6 is 0 Å². The van der Waals surface area contributed by atoms with Crippen molar-refractivity contribution in [3.8, 4) is 0 Å². The molecule has 0 aromatic heterocycles. The molecule has 0 spiro atoms. The first-order valence-corrected chi connectivity index (χ1v) is 4.19. The van der Waals surface area contributed by atoms with Crippen molar-refractivity contribution < 1.29 is 14.3 Å². The van der Waals surface area contributed by atoms with Crippen LogP contribution in [0.1, 0.15) is 20.3 Å². The van der Waals surface area contributed by atoms with Crippen LogP contribution in [-0.2, 0) is 14.3 Å². The van der Waals surface area contributed by atoms with Gasteiger partial charge in [-0.2, -0.15) is 0 Å². The molecular weight excluding hydrogens is 156 g/mol. The fourth-order valence-electron chi connectivity index (χ4n) is 0.954. The smallest absolute Gasteiger partial charge is 0.164 e. The fraction of sp³-hybridized carbons (Fsp3) is 0.889. The zero-order chi connectivity index (χ0) is 9.56. The summed E-state index contributed by atoms with van der Waals surface area (Å²) in [6.07, 6.45) is 0.472. The minimum absolute atomic E-state index is 0.0277. The topological polar surface area (TPSA) is 35.5 Å². The maximum absolute atomic E-state index is 11.4. The minimum atomic E-state index is -0.295. The second-order valence-corrected chi connectivity index (χ2v) is 2.96. The molecule has 0 aliphatic heterocycles. The van der Waals surface area contributed by atoms with Crippen molar-refractivity contribution in [3.63, 3.8) is 0 Å². The molecule has 3 nitrogen and oxygen atoms in total. The summed E-state index contributed by atoms with van der Waals surface area (Å²) < 4.78 is 9.81. The molecule has 0 rings (SSSR count). The fourth-order valence-corrected chi connectivity index (χ4v) is 0.954. The first kappa shape index (κ1) is 11.6. The number of Topliss-reactive ketones (excluding diaryl/α,β-unsaturated/α-hetero) is 1. The van der Waals surface area contributed by atoms with Gasteiger partial charge in [0.1, 0.15) is 6.10 Å². The van der Waals surface area contributed by atoms with Crippen molar-refractivity contribution in [1.82, 2.24) is 0 Å². The third kappa shape index (κ3) is 3.83. The first-order chi connectivity index (χ1) is 5.63. The largest absolute Gasteiger partial charge is 0.385 e. The number of carbonyl (C=O) groups is 1. The lowest BCUT2D eigenvalue weighted by molar-refractivity contribution is -0.131. The van der Waals surface area contributed by atoms with Crippen molar-refractivity contribution in [2.45, 2.75) is 26.4 Å². The average Bonchev–Trinajstić information content (AvgIpc) is 2.11. The molecule has 0 saturated heterocycles. The third-order valence-electron chi connectivity index (χ3n) is 1.99. The van der Waals surface area contributed by atoms with Crippen LogP contribution in [0.4, 0.5) is 0 Å². The highest BCUT2D eigenvalue weighted by Gasteiger charge is 2.18. The van der Waals surface area contributed by atoms with Crippen LogP contribution in [0.2, 0.25) is 0 Å². The molecule has 0 aliphatic carbocycles. The second-order valence-electron chi connectivity index (χ2n) is 2.96. The van der Waals surface area contributed by atoms with Crippen molar-refractivity contribution in [2.75, 3.05) is 20.8 Å². The van der Waals surface area contributed by atoms with Crippen LogP contribution in [0, 0.1) is 5.92 Å². The van der Waals surface area contributed by atoms with E-state index in [4.69, 9.17) is 9.47 Å². The second kappa shape index (κ2) is 6.14. The van der Waals surface area contributed by atoms with Crippen LogP contribution in [0.15, 0.2) is 0 Å². The zero-order valence-electron chi connectivity index (χ0n) is 8.29. The molecule has 0 fully saturated rings. The Bertz CT molecular complexity index is 134. The highest BCUT2D eigenvalue weighted by atomic mass is 16.5. The van der Waals surface area contributed by atoms with E-state index in [2.05, 4.69) is 0 Å². The third-order valence-corrected chi connectivity index (χ3v) is 1.99. The SMILES string of the molecule is COCCC(C)C(=O)C(C)OC. The summed E-state index contributed by atoms with van der Waals surface area (Å²) in [4.78, 5) is 11.4. The lowest BCUT2D eigenvalue weighted by Crippen LogP contribution is -2.26. The molecule has 72 valence electrons.